The average Bonchev–Trinajstić information content (AvgIpc) is 2.67. The van der Waals surface area contributed by atoms with Crippen LogP contribution in [0.25, 0.3) is 0 Å². The first-order valence-corrected chi connectivity index (χ1v) is 8.64. The smallest absolute Gasteiger partial charge is 0.271 e. The van der Waals surface area contributed by atoms with Gasteiger partial charge in [-0.25, -0.2) is 5.43 Å². The Labute approximate surface area is 163 Å². The molecule has 0 radical (unpaired) electrons. The molecule has 0 aliphatic rings. The Hall–Kier alpha value is -2.99. The molecular weight excluding hydrogens is 368 g/mol. The summed E-state index contributed by atoms with van der Waals surface area (Å²) < 4.78 is 16.1. The van der Waals surface area contributed by atoms with Crippen molar-refractivity contribution in [2.45, 2.75) is 6.92 Å². The van der Waals surface area contributed by atoms with Gasteiger partial charge in [0, 0.05) is 5.56 Å². The van der Waals surface area contributed by atoms with Crippen LogP contribution in [0.5, 0.6) is 17.2 Å². The first kappa shape index (κ1) is 20.3. The zero-order valence-corrected chi connectivity index (χ0v) is 16.0. The Morgan fingerprint density at radius 2 is 2.00 bits per heavy atom. The molecule has 0 aliphatic heterocycles. The van der Waals surface area contributed by atoms with Gasteiger partial charge in [-0.15, -0.1) is 0 Å². The standard InChI is InChI=1S/C20H21ClN2O4/c1-4-10-27-19-17(21)11-14(12-18(19)25-3)13-22-23-20(24)15-6-8-16(9-7-15)26-5-2/h4,6-9,11-13H,1,5,10H2,2-3H3,(H,23,24)/b22-13+. The van der Waals surface area contributed by atoms with E-state index in [0.717, 1.165) is 0 Å². The Morgan fingerprint density at radius 1 is 1.26 bits per heavy atom. The fraction of sp³-hybridized carbons (Fsp3) is 0.200. The van der Waals surface area contributed by atoms with Crippen molar-refractivity contribution < 1.29 is 19.0 Å². The van der Waals surface area contributed by atoms with E-state index in [2.05, 4.69) is 17.1 Å². The monoisotopic (exact) mass is 388 g/mol. The van der Waals surface area contributed by atoms with Crippen molar-refractivity contribution in [3.63, 3.8) is 0 Å². The third kappa shape index (κ3) is 5.76. The Kier molecular flexibility index (Phi) is 7.70. The van der Waals surface area contributed by atoms with Gasteiger partial charge in [-0.1, -0.05) is 24.3 Å². The van der Waals surface area contributed by atoms with E-state index in [9.17, 15) is 4.79 Å². The zero-order valence-electron chi connectivity index (χ0n) is 15.2. The molecule has 0 spiro atoms. The van der Waals surface area contributed by atoms with Crippen LogP contribution < -0.4 is 19.6 Å². The van der Waals surface area contributed by atoms with Gasteiger partial charge in [0.1, 0.15) is 12.4 Å². The van der Waals surface area contributed by atoms with Gasteiger partial charge in [-0.2, -0.15) is 5.10 Å². The quantitative estimate of drug-likeness (QED) is 0.399. The summed E-state index contributed by atoms with van der Waals surface area (Å²) in [4.78, 5) is 12.1. The molecule has 7 heteroatoms. The van der Waals surface area contributed by atoms with Crippen LogP contribution in [0.3, 0.4) is 0 Å². The maximum Gasteiger partial charge on any atom is 0.271 e. The molecule has 0 aromatic heterocycles. The number of carbonyl (C=O) groups is 1. The Balaban J connectivity index is 2.05. The Bertz CT molecular complexity index is 819. The largest absolute Gasteiger partial charge is 0.494 e. The van der Waals surface area contributed by atoms with Crippen LogP contribution in [-0.2, 0) is 0 Å². The maximum absolute atomic E-state index is 12.1. The van der Waals surface area contributed by atoms with E-state index in [4.69, 9.17) is 25.8 Å². The van der Waals surface area contributed by atoms with Gasteiger partial charge in [0.25, 0.3) is 5.91 Å². The number of hydrazone groups is 1. The summed E-state index contributed by atoms with van der Waals surface area (Å²) >= 11 is 6.23. The predicted octanol–water partition coefficient (Wildman–Crippen LogP) is 4.08. The van der Waals surface area contributed by atoms with Gasteiger partial charge in [-0.3, -0.25) is 4.79 Å². The maximum atomic E-state index is 12.1. The molecule has 0 heterocycles. The number of nitrogens with zero attached hydrogens (tertiary/aromatic N) is 1. The van der Waals surface area contributed by atoms with Crippen LogP contribution in [0.2, 0.25) is 5.02 Å². The molecule has 142 valence electrons. The molecule has 2 aromatic carbocycles. The minimum Gasteiger partial charge on any atom is -0.494 e. The van der Waals surface area contributed by atoms with Gasteiger partial charge in [0.15, 0.2) is 11.5 Å². The van der Waals surface area contributed by atoms with E-state index >= 15 is 0 Å². The van der Waals surface area contributed by atoms with Gasteiger partial charge >= 0.3 is 0 Å². The number of nitrogens with one attached hydrogen (secondary N) is 1. The Morgan fingerprint density at radius 3 is 2.63 bits per heavy atom. The first-order valence-electron chi connectivity index (χ1n) is 8.26. The van der Waals surface area contributed by atoms with Crippen molar-refractivity contribution in [1.29, 1.82) is 0 Å². The summed E-state index contributed by atoms with van der Waals surface area (Å²) in [6.45, 7) is 6.37. The number of methoxy groups -OCH3 is 1. The SMILES string of the molecule is C=CCOc1c(Cl)cc(/C=N/NC(=O)c2ccc(OCC)cc2)cc1OC. The summed E-state index contributed by atoms with van der Waals surface area (Å²) in [7, 11) is 1.51. The minimum atomic E-state index is -0.335. The van der Waals surface area contributed by atoms with Gasteiger partial charge < -0.3 is 14.2 Å². The summed E-state index contributed by atoms with van der Waals surface area (Å²) in [5.41, 5.74) is 3.59. The number of halogens is 1. The predicted molar refractivity (Wildman–Crippen MR) is 106 cm³/mol. The normalized spacial score (nSPS) is 10.5. The van der Waals surface area contributed by atoms with Crippen LogP contribution in [-0.4, -0.2) is 32.4 Å². The van der Waals surface area contributed by atoms with Crippen LogP contribution >= 0.6 is 11.6 Å². The third-order valence-electron chi connectivity index (χ3n) is 3.40. The van der Waals surface area contributed by atoms with Crippen molar-refractivity contribution in [1.82, 2.24) is 5.43 Å². The van der Waals surface area contributed by atoms with E-state index < -0.39 is 0 Å². The number of carbonyl (C=O) groups excluding carboxylic acids is 1. The number of amides is 1. The van der Waals surface area contributed by atoms with E-state index in [0.29, 0.717) is 46.6 Å². The second-order valence-electron chi connectivity index (χ2n) is 5.29. The van der Waals surface area contributed by atoms with Gasteiger partial charge in [0.05, 0.1) is 25.0 Å². The van der Waals surface area contributed by atoms with Crippen molar-refractivity contribution in [2.24, 2.45) is 5.10 Å². The summed E-state index contributed by atoms with van der Waals surface area (Å²) in [5.74, 6) is 1.26. The fourth-order valence-corrected chi connectivity index (χ4v) is 2.47. The molecule has 0 fully saturated rings. The molecule has 0 bridgehead atoms. The number of hydrogen-bond donors (Lipinski definition) is 1. The molecule has 0 unspecified atom stereocenters. The van der Waals surface area contributed by atoms with E-state index in [1.807, 2.05) is 6.92 Å². The molecule has 0 saturated carbocycles. The van der Waals surface area contributed by atoms with Crippen molar-refractivity contribution in [3.05, 3.63) is 65.2 Å². The zero-order chi connectivity index (χ0) is 19.6. The molecule has 1 amide bonds. The van der Waals surface area contributed by atoms with Crippen LogP contribution in [0.1, 0.15) is 22.8 Å². The fourth-order valence-electron chi connectivity index (χ4n) is 2.20. The molecule has 27 heavy (non-hydrogen) atoms. The lowest BCUT2D eigenvalue weighted by atomic mass is 10.2. The number of rotatable bonds is 9. The van der Waals surface area contributed by atoms with Crippen LogP contribution in [0.15, 0.2) is 54.2 Å². The highest BCUT2D eigenvalue weighted by Gasteiger charge is 2.11. The first-order chi connectivity index (χ1) is 13.1. The molecule has 0 saturated heterocycles. The van der Waals surface area contributed by atoms with Crippen molar-refractivity contribution in [2.75, 3.05) is 20.3 Å². The lowest BCUT2D eigenvalue weighted by Gasteiger charge is -2.11. The molecule has 6 nitrogen and oxygen atoms in total. The lowest BCUT2D eigenvalue weighted by molar-refractivity contribution is 0.0955. The minimum absolute atomic E-state index is 0.307. The highest BCUT2D eigenvalue weighted by Crippen LogP contribution is 2.36. The van der Waals surface area contributed by atoms with Gasteiger partial charge in [0.2, 0.25) is 0 Å². The second-order valence-corrected chi connectivity index (χ2v) is 5.70. The van der Waals surface area contributed by atoms with Crippen molar-refractivity contribution in [3.8, 4) is 17.2 Å². The molecule has 0 atom stereocenters. The highest BCUT2D eigenvalue weighted by molar-refractivity contribution is 6.32. The summed E-state index contributed by atoms with van der Waals surface area (Å²) in [6.07, 6.45) is 3.08. The van der Waals surface area contributed by atoms with Gasteiger partial charge in [-0.05, 0) is 48.9 Å². The van der Waals surface area contributed by atoms with Crippen molar-refractivity contribution >= 4 is 23.7 Å². The molecular formula is C20H21ClN2O4. The molecule has 0 aliphatic carbocycles. The second kappa shape index (κ2) is 10.2. The summed E-state index contributed by atoms with van der Waals surface area (Å²) in [6, 6.07) is 10.2. The molecule has 2 aromatic rings. The molecule has 1 N–H and O–H groups in total. The van der Waals surface area contributed by atoms with Crippen LogP contribution in [0.4, 0.5) is 0 Å². The van der Waals surface area contributed by atoms with Crippen LogP contribution in [0, 0.1) is 0 Å². The summed E-state index contributed by atoms with van der Waals surface area (Å²) in [5, 5.41) is 4.33. The van der Waals surface area contributed by atoms with E-state index in [1.165, 1.54) is 13.3 Å². The number of hydrogen-bond acceptors (Lipinski definition) is 5. The number of benzene rings is 2. The third-order valence-corrected chi connectivity index (χ3v) is 3.69. The molecule has 2 rings (SSSR count). The number of ether oxygens (including phenoxy) is 3. The highest BCUT2D eigenvalue weighted by atomic mass is 35.5. The van der Waals surface area contributed by atoms with E-state index in [-0.39, 0.29) is 5.91 Å². The topological polar surface area (TPSA) is 69.2 Å². The lowest BCUT2D eigenvalue weighted by Crippen LogP contribution is -2.17. The average molecular weight is 389 g/mol. The van der Waals surface area contributed by atoms with E-state index in [1.54, 1.807) is 42.5 Å².